The van der Waals surface area contributed by atoms with E-state index in [1.165, 1.54) is 60.8 Å². The lowest BCUT2D eigenvalue weighted by atomic mass is 9.89. The van der Waals surface area contributed by atoms with E-state index >= 15 is 0 Å². The van der Waals surface area contributed by atoms with Gasteiger partial charge in [0.1, 0.15) is 0 Å². The minimum Gasteiger partial charge on any atom is -0.309 e. The quantitative estimate of drug-likeness (QED) is 0.161. The minimum absolute atomic E-state index is 0.948. The molecule has 0 atom stereocenters. The second-order valence-corrected chi connectivity index (χ2v) is 14.6. The zero-order chi connectivity index (χ0) is 37.6. The first-order valence-electron chi connectivity index (χ1n) is 19.2. The molecule has 10 aromatic rings. The highest BCUT2D eigenvalue weighted by Gasteiger charge is 2.17. The fourth-order valence-electron chi connectivity index (χ4n) is 8.18. The largest absolute Gasteiger partial charge is 0.309 e. The molecule has 0 aliphatic heterocycles. The Morgan fingerprint density at radius 2 is 0.804 bits per heavy atom. The monoisotopic (exact) mass is 717 g/mol. The summed E-state index contributed by atoms with van der Waals surface area (Å²) in [6, 6.07) is 72.0. The van der Waals surface area contributed by atoms with Crippen molar-refractivity contribution in [2.45, 2.75) is 13.8 Å². The molecular weight excluding hydrogens is 679 g/mol. The Labute approximate surface area is 327 Å². The first-order chi connectivity index (χ1) is 27.6. The predicted molar refractivity (Wildman–Crippen MR) is 235 cm³/mol. The maximum atomic E-state index is 5.11. The maximum absolute atomic E-state index is 5.11. The summed E-state index contributed by atoms with van der Waals surface area (Å²) in [6.45, 7) is 4.34. The smallest absolute Gasteiger partial charge is 0.0934 e. The Balaban J connectivity index is 1.01. The highest BCUT2D eigenvalue weighted by molar-refractivity contribution is 6.09. The second kappa shape index (κ2) is 13.9. The Bertz CT molecular complexity index is 2950. The molecule has 3 nitrogen and oxygen atoms in total. The molecule has 56 heavy (non-hydrogen) atoms. The number of aromatic nitrogens is 3. The third-order valence-corrected chi connectivity index (χ3v) is 10.9. The van der Waals surface area contributed by atoms with Crippen molar-refractivity contribution in [3.05, 3.63) is 211 Å². The van der Waals surface area contributed by atoms with Crippen molar-refractivity contribution in [3.63, 3.8) is 0 Å². The summed E-state index contributed by atoms with van der Waals surface area (Å²) in [5.74, 6) is 0. The van der Waals surface area contributed by atoms with E-state index in [0.717, 1.165) is 39.5 Å². The molecule has 0 N–H and O–H groups in total. The van der Waals surface area contributed by atoms with E-state index in [0.29, 0.717) is 0 Å². The molecule has 2 heterocycles. The number of benzene rings is 8. The highest BCUT2D eigenvalue weighted by Crippen LogP contribution is 2.40. The van der Waals surface area contributed by atoms with Gasteiger partial charge in [-0.1, -0.05) is 157 Å². The van der Waals surface area contributed by atoms with Crippen LogP contribution in [-0.2, 0) is 0 Å². The molecule has 0 spiro atoms. The summed E-state index contributed by atoms with van der Waals surface area (Å²) in [7, 11) is 0. The van der Waals surface area contributed by atoms with Crippen LogP contribution in [0, 0.1) is 13.8 Å². The molecule has 0 radical (unpaired) electrons. The fourth-order valence-corrected chi connectivity index (χ4v) is 8.18. The highest BCUT2D eigenvalue weighted by atomic mass is 15.3. The van der Waals surface area contributed by atoms with Gasteiger partial charge in [-0.25, -0.2) is 4.68 Å². The first kappa shape index (κ1) is 33.3. The van der Waals surface area contributed by atoms with Crippen molar-refractivity contribution in [2.75, 3.05) is 0 Å². The van der Waals surface area contributed by atoms with Gasteiger partial charge in [-0.15, -0.1) is 0 Å². The summed E-state index contributed by atoms with van der Waals surface area (Å²) in [6.07, 6.45) is 0. The van der Waals surface area contributed by atoms with Crippen molar-refractivity contribution < 1.29 is 0 Å². The normalized spacial score (nSPS) is 11.4. The van der Waals surface area contributed by atoms with Gasteiger partial charge in [0, 0.05) is 27.6 Å². The molecule has 0 saturated carbocycles. The first-order valence-corrected chi connectivity index (χ1v) is 19.2. The van der Waals surface area contributed by atoms with Crippen LogP contribution in [0.1, 0.15) is 11.1 Å². The molecule has 0 unspecified atom stereocenters. The van der Waals surface area contributed by atoms with Crippen molar-refractivity contribution >= 4 is 21.8 Å². The van der Waals surface area contributed by atoms with E-state index in [2.05, 4.69) is 217 Å². The summed E-state index contributed by atoms with van der Waals surface area (Å²) in [4.78, 5) is 0. The number of aryl methyl sites for hydroxylation is 2. The van der Waals surface area contributed by atoms with Crippen LogP contribution in [0.15, 0.2) is 200 Å². The molecule has 0 aliphatic carbocycles. The van der Waals surface area contributed by atoms with Crippen LogP contribution in [0.3, 0.4) is 0 Å². The van der Waals surface area contributed by atoms with Crippen molar-refractivity contribution in [1.82, 2.24) is 14.3 Å². The van der Waals surface area contributed by atoms with Gasteiger partial charge in [0.15, 0.2) is 0 Å². The van der Waals surface area contributed by atoms with E-state index < -0.39 is 0 Å². The number of rotatable bonds is 7. The van der Waals surface area contributed by atoms with Crippen LogP contribution in [0.4, 0.5) is 0 Å². The van der Waals surface area contributed by atoms with Crippen LogP contribution >= 0.6 is 0 Å². The van der Waals surface area contributed by atoms with Crippen molar-refractivity contribution in [2.24, 2.45) is 0 Å². The van der Waals surface area contributed by atoms with Crippen LogP contribution in [0.5, 0.6) is 0 Å². The Kier molecular flexibility index (Phi) is 8.26. The van der Waals surface area contributed by atoms with Crippen LogP contribution in [-0.4, -0.2) is 14.3 Å². The molecular formula is C53H39N3. The second-order valence-electron chi connectivity index (χ2n) is 14.6. The molecule has 0 amide bonds. The van der Waals surface area contributed by atoms with E-state index in [9.17, 15) is 0 Å². The zero-order valence-electron chi connectivity index (χ0n) is 31.4. The average molecular weight is 718 g/mol. The number of hydrogen-bond donors (Lipinski definition) is 0. The van der Waals surface area contributed by atoms with Gasteiger partial charge >= 0.3 is 0 Å². The van der Waals surface area contributed by atoms with E-state index in [1.54, 1.807) is 0 Å². The van der Waals surface area contributed by atoms with Gasteiger partial charge in [0.05, 0.1) is 28.1 Å². The van der Waals surface area contributed by atoms with E-state index in [4.69, 9.17) is 5.10 Å². The topological polar surface area (TPSA) is 22.8 Å². The lowest BCUT2D eigenvalue weighted by Gasteiger charge is -2.16. The van der Waals surface area contributed by atoms with Crippen LogP contribution < -0.4 is 0 Å². The van der Waals surface area contributed by atoms with Gasteiger partial charge < -0.3 is 4.57 Å². The fraction of sp³-hybridized carbons (Fsp3) is 0.0377. The average Bonchev–Trinajstić information content (AvgIpc) is 3.84. The summed E-state index contributed by atoms with van der Waals surface area (Å²) in [5, 5.41) is 7.70. The molecule has 8 aromatic carbocycles. The Hall–Kier alpha value is -7.23. The van der Waals surface area contributed by atoms with Crippen LogP contribution in [0.25, 0.3) is 89.1 Å². The minimum atomic E-state index is 0.948. The van der Waals surface area contributed by atoms with Crippen molar-refractivity contribution in [1.29, 1.82) is 0 Å². The predicted octanol–water partition coefficient (Wildman–Crippen LogP) is 13.9. The summed E-state index contributed by atoms with van der Waals surface area (Å²) >= 11 is 0. The molecule has 3 heteroatoms. The third-order valence-electron chi connectivity index (χ3n) is 10.9. The lowest BCUT2D eigenvalue weighted by molar-refractivity contribution is 0.892. The lowest BCUT2D eigenvalue weighted by Crippen LogP contribution is -1.99. The Morgan fingerprint density at radius 3 is 1.32 bits per heavy atom. The number of hydrogen-bond acceptors (Lipinski definition) is 1. The molecule has 0 aliphatic rings. The molecule has 10 rings (SSSR count). The van der Waals surface area contributed by atoms with E-state index in [1.807, 2.05) is 6.07 Å². The van der Waals surface area contributed by atoms with E-state index in [-0.39, 0.29) is 0 Å². The summed E-state index contributed by atoms with van der Waals surface area (Å²) in [5.41, 5.74) is 18.5. The third kappa shape index (κ3) is 5.91. The summed E-state index contributed by atoms with van der Waals surface area (Å²) < 4.78 is 4.46. The van der Waals surface area contributed by atoms with Gasteiger partial charge in [0.25, 0.3) is 0 Å². The van der Waals surface area contributed by atoms with Gasteiger partial charge in [0.2, 0.25) is 0 Å². The molecule has 0 bridgehead atoms. The Morgan fingerprint density at radius 1 is 0.357 bits per heavy atom. The zero-order valence-corrected chi connectivity index (χ0v) is 31.4. The number of nitrogens with zero attached hydrogens (tertiary/aromatic N) is 3. The van der Waals surface area contributed by atoms with Crippen LogP contribution in [0.2, 0.25) is 0 Å². The van der Waals surface area contributed by atoms with Gasteiger partial charge in [-0.3, -0.25) is 0 Å². The van der Waals surface area contributed by atoms with Gasteiger partial charge in [-0.05, 0) is 102 Å². The standard InChI is InChI=1S/C53H39N3/c1-36-21-31-51-48(33-36)49-34-37(2)22-32-52(49)55(51)42-27-23-38(24-28-42)44-17-9-11-19-46(44)47-20-12-10-18-45(47)39-25-29-43(30-26-39)56-53(41-15-7-4-8-16-41)35-50(54-56)40-13-5-3-6-14-40/h3-35H,1-2H3. The molecule has 0 fully saturated rings. The molecule has 0 saturated heterocycles. The van der Waals surface area contributed by atoms with Crippen molar-refractivity contribution in [3.8, 4) is 67.3 Å². The molecule has 266 valence electrons. The van der Waals surface area contributed by atoms with Gasteiger partial charge in [-0.2, -0.15) is 5.10 Å². The SMILES string of the molecule is Cc1ccc2c(c1)c1cc(C)ccc1n2-c1ccc(-c2ccccc2-c2ccccc2-c2ccc(-n3nc(-c4ccccc4)cc3-c3ccccc3)cc2)cc1. The number of fused-ring (bicyclic) bond motifs is 3. The molecule has 2 aromatic heterocycles. The maximum Gasteiger partial charge on any atom is 0.0934 e.